The molecule has 5 nitrogen and oxygen atoms in total. The second-order valence-corrected chi connectivity index (χ2v) is 4.57. The average Bonchev–Trinajstić information content (AvgIpc) is 3.08. The van der Waals surface area contributed by atoms with Gasteiger partial charge >= 0.3 is 0 Å². The van der Waals surface area contributed by atoms with Crippen LogP contribution in [0.1, 0.15) is 43.8 Å². The van der Waals surface area contributed by atoms with E-state index in [4.69, 9.17) is 8.94 Å². The predicted molar refractivity (Wildman–Crippen MR) is 66.0 cm³/mol. The Labute approximate surface area is 106 Å². The number of piperidine rings is 1. The average molecular weight is 247 g/mol. The molecule has 0 radical (unpaired) electrons. The number of nitrogens with one attached hydrogen (secondary N) is 1. The highest BCUT2D eigenvalue weighted by Crippen LogP contribution is 2.26. The normalized spacial score (nSPS) is 20.2. The van der Waals surface area contributed by atoms with Gasteiger partial charge in [-0.25, -0.2) is 0 Å². The molecule has 96 valence electrons. The molecule has 1 N–H and O–H groups in total. The first-order valence-electron chi connectivity index (χ1n) is 6.52. The van der Waals surface area contributed by atoms with Crippen LogP contribution in [0, 0.1) is 0 Å². The Morgan fingerprint density at radius 2 is 2.39 bits per heavy atom. The summed E-state index contributed by atoms with van der Waals surface area (Å²) in [5.41, 5.74) is 0.909. The van der Waals surface area contributed by atoms with Crippen molar-refractivity contribution >= 4 is 0 Å². The third kappa shape index (κ3) is 2.06. The minimum Gasteiger partial charge on any atom is -0.469 e. The Kier molecular flexibility index (Phi) is 3.15. The van der Waals surface area contributed by atoms with E-state index >= 15 is 0 Å². The maximum Gasteiger partial charge on any atom is 0.261 e. The Hall–Kier alpha value is -1.62. The van der Waals surface area contributed by atoms with E-state index in [1.54, 1.807) is 6.26 Å². The lowest BCUT2D eigenvalue weighted by Crippen LogP contribution is -2.27. The molecule has 18 heavy (non-hydrogen) atoms. The van der Waals surface area contributed by atoms with Crippen molar-refractivity contribution in [3.8, 4) is 11.5 Å². The predicted octanol–water partition coefficient (Wildman–Crippen LogP) is 2.71. The van der Waals surface area contributed by atoms with Gasteiger partial charge in [-0.1, -0.05) is 18.5 Å². The standard InChI is InChI=1S/C13H17N3O2/c1-2-11-9(6-8-17-11)13-15-12(16-18-13)10-5-3-4-7-14-10/h6,8,10,14H,2-5,7H2,1H3. The second-order valence-electron chi connectivity index (χ2n) is 4.57. The number of aromatic nitrogens is 2. The van der Waals surface area contributed by atoms with Crippen molar-refractivity contribution in [2.45, 2.75) is 38.6 Å². The molecular formula is C13H17N3O2. The van der Waals surface area contributed by atoms with Gasteiger partial charge < -0.3 is 14.3 Å². The summed E-state index contributed by atoms with van der Waals surface area (Å²) in [4.78, 5) is 4.48. The molecule has 0 aliphatic carbocycles. The number of rotatable bonds is 3. The number of hydrogen-bond donors (Lipinski definition) is 1. The minimum atomic E-state index is 0.230. The van der Waals surface area contributed by atoms with E-state index in [0.717, 1.165) is 36.5 Å². The highest BCUT2D eigenvalue weighted by Gasteiger charge is 2.22. The van der Waals surface area contributed by atoms with Gasteiger partial charge in [0.05, 0.1) is 17.9 Å². The van der Waals surface area contributed by atoms with Crippen LogP contribution in [0.3, 0.4) is 0 Å². The van der Waals surface area contributed by atoms with E-state index in [-0.39, 0.29) is 6.04 Å². The molecule has 0 spiro atoms. The van der Waals surface area contributed by atoms with Crippen LogP contribution < -0.4 is 5.32 Å². The molecule has 1 unspecified atom stereocenters. The first-order valence-corrected chi connectivity index (χ1v) is 6.52. The van der Waals surface area contributed by atoms with Crippen LogP contribution in [-0.2, 0) is 6.42 Å². The van der Waals surface area contributed by atoms with Crippen LogP contribution in [0.15, 0.2) is 21.3 Å². The van der Waals surface area contributed by atoms with Crippen molar-refractivity contribution in [3.05, 3.63) is 23.9 Å². The van der Waals surface area contributed by atoms with Crippen molar-refractivity contribution in [2.75, 3.05) is 6.54 Å². The summed E-state index contributed by atoms with van der Waals surface area (Å²) in [7, 11) is 0. The van der Waals surface area contributed by atoms with E-state index in [1.807, 2.05) is 13.0 Å². The summed E-state index contributed by atoms with van der Waals surface area (Å²) >= 11 is 0. The highest BCUT2D eigenvalue weighted by atomic mass is 16.5. The van der Waals surface area contributed by atoms with Gasteiger partial charge in [0, 0.05) is 6.42 Å². The van der Waals surface area contributed by atoms with E-state index < -0.39 is 0 Å². The maximum absolute atomic E-state index is 5.38. The zero-order valence-corrected chi connectivity index (χ0v) is 10.5. The molecule has 1 saturated heterocycles. The lowest BCUT2D eigenvalue weighted by atomic mass is 10.0. The summed E-state index contributed by atoms with van der Waals surface area (Å²) in [5, 5.41) is 7.50. The molecule has 2 aromatic heterocycles. The molecular weight excluding hydrogens is 230 g/mol. The van der Waals surface area contributed by atoms with Gasteiger partial charge in [-0.15, -0.1) is 0 Å². The molecule has 0 aromatic carbocycles. The molecule has 0 bridgehead atoms. The Bertz CT molecular complexity index is 512. The third-order valence-electron chi connectivity index (χ3n) is 3.36. The monoisotopic (exact) mass is 247 g/mol. The minimum absolute atomic E-state index is 0.230. The molecule has 1 aliphatic heterocycles. The summed E-state index contributed by atoms with van der Waals surface area (Å²) in [5.74, 6) is 2.21. The van der Waals surface area contributed by atoms with Crippen molar-refractivity contribution in [2.24, 2.45) is 0 Å². The van der Waals surface area contributed by atoms with Crippen molar-refractivity contribution in [3.63, 3.8) is 0 Å². The number of aryl methyl sites for hydroxylation is 1. The lowest BCUT2D eigenvalue weighted by Gasteiger charge is -2.19. The lowest BCUT2D eigenvalue weighted by molar-refractivity contribution is 0.366. The van der Waals surface area contributed by atoms with Crippen molar-refractivity contribution in [1.29, 1.82) is 0 Å². The topological polar surface area (TPSA) is 64.1 Å². The van der Waals surface area contributed by atoms with Crippen LogP contribution in [0.25, 0.3) is 11.5 Å². The first-order chi connectivity index (χ1) is 8.88. The van der Waals surface area contributed by atoms with E-state index in [9.17, 15) is 0 Å². The summed E-state index contributed by atoms with van der Waals surface area (Å²) in [6.45, 7) is 3.07. The van der Waals surface area contributed by atoms with Crippen LogP contribution in [0.4, 0.5) is 0 Å². The Morgan fingerprint density at radius 3 is 3.17 bits per heavy atom. The molecule has 1 atom stereocenters. The number of furan rings is 1. The Balaban J connectivity index is 1.84. The number of nitrogens with zero attached hydrogens (tertiary/aromatic N) is 2. The molecule has 3 heterocycles. The summed E-state index contributed by atoms with van der Waals surface area (Å²) in [6.07, 6.45) is 6.00. The SMILES string of the molecule is CCc1occc1-c1nc(C2CCCCN2)no1. The molecule has 1 fully saturated rings. The molecule has 3 rings (SSSR count). The van der Waals surface area contributed by atoms with Gasteiger partial charge in [0.15, 0.2) is 5.82 Å². The molecule has 2 aromatic rings. The van der Waals surface area contributed by atoms with E-state index in [1.165, 1.54) is 12.8 Å². The number of hydrogen-bond acceptors (Lipinski definition) is 5. The fourth-order valence-corrected chi connectivity index (χ4v) is 2.36. The largest absolute Gasteiger partial charge is 0.469 e. The van der Waals surface area contributed by atoms with Gasteiger partial charge in [0.1, 0.15) is 5.76 Å². The van der Waals surface area contributed by atoms with Crippen LogP contribution in [0.5, 0.6) is 0 Å². The molecule has 0 amide bonds. The third-order valence-corrected chi connectivity index (χ3v) is 3.36. The highest BCUT2D eigenvalue weighted by molar-refractivity contribution is 5.55. The van der Waals surface area contributed by atoms with E-state index in [2.05, 4.69) is 15.5 Å². The fourth-order valence-electron chi connectivity index (χ4n) is 2.36. The maximum atomic E-state index is 5.38. The summed E-state index contributed by atoms with van der Waals surface area (Å²) < 4.78 is 10.7. The van der Waals surface area contributed by atoms with Gasteiger partial charge in [-0.2, -0.15) is 4.98 Å². The molecule has 1 aliphatic rings. The second kappa shape index (κ2) is 4.94. The van der Waals surface area contributed by atoms with Crippen LogP contribution in [-0.4, -0.2) is 16.7 Å². The van der Waals surface area contributed by atoms with Crippen molar-refractivity contribution < 1.29 is 8.94 Å². The first kappa shape index (κ1) is 11.5. The Morgan fingerprint density at radius 1 is 1.44 bits per heavy atom. The molecule has 5 heteroatoms. The van der Waals surface area contributed by atoms with Crippen LogP contribution in [0.2, 0.25) is 0 Å². The van der Waals surface area contributed by atoms with Crippen LogP contribution >= 0.6 is 0 Å². The van der Waals surface area contributed by atoms with E-state index in [0.29, 0.717) is 5.89 Å². The zero-order valence-electron chi connectivity index (χ0n) is 10.5. The smallest absolute Gasteiger partial charge is 0.261 e. The fraction of sp³-hybridized carbons (Fsp3) is 0.538. The van der Waals surface area contributed by atoms with Gasteiger partial charge in [0.25, 0.3) is 5.89 Å². The summed E-state index contributed by atoms with van der Waals surface area (Å²) in [6, 6.07) is 2.11. The van der Waals surface area contributed by atoms with Gasteiger partial charge in [-0.05, 0) is 25.5 Å². The van der Waals surface area contributed by atoms with Crippen molar-refractivity contribution in [1.82, 2.24) is 15.5 Å². The molecule has 0 saturated carbocycles. The van der Waals surface area contributed by atoms with Gasteiger partial charge in [0.2, 0.25) is 0 Å². The quantitative estimate of drug-likeness (QED) is 0.903. The van der Waals surface area contributed by atoms with Gasteiger partial charge in [-0.3, -0.25) is 0 Å². The zero-order chi connectivity index (χ0) is 12.4.